The van der Waals surface area contributed by atoms with Crippen molar-refractivity contribution in [1.82, 2.24) is 15.5 Å². The van der Waals surface area contributed by atoms with Gasteiger partial charge in [-0.1, -0.05) is 13.8 Å². The number of nitrogens with zero attached hydrogens (tertiary/aromatic N) is 1. The highest BCUT2D eigenvalue weighted by Crippen LogP contribution is 2.26. The molecule has 4 N–H and O–H groups in total. The minimum Gasteiger partial charge on any atom is -0.348 e. The minimum absolute atomic E-state index is 0. The Morgan fingerprint density at radius 3 is 2.50 bits per heavy atom. The summed E-state index contributed by atoms with van der Waals surface area (Å²) in [5, 5.41) is 10.1. The van der Waals surface area contributed by atoms with Crippen molar-refractivity contribution in [1.29, 1.82) is 0 Å². The molecule has 0 aliphatic heterocycles. The van der Waals surface area contributed by atoms with E-state index in [4.69, 9.17) is 5.73 Å². The third-order valence-electron chi connectivity index (χ3n) is 3.63. The van der Waals surface area contributed by atoms with Crippen LogP contribution in [0, 0.1) is 0 Å². The van der Waals surface area contributed by atoms with E-state index in [0.717, 1.165) is 35.8 Å². The Morgan fingerprint density at radius 2 is 2.00 bits per heavy atom. The number of nitrogens with two attached hydrogens (primary N) is 1. The van der Waals surface area contributed by atoms with Gasteiger partial charge in [0, 0.05) is 12.1 Å². The van der Waals surface area contributed by atoms with Crippen LogP contribution in [0.3, 0.4) is 0 Å². The number of aromatic nitrogens is 2. The minimum atomic E-state index is -0.115. The standard InChI is InChI=1S/C13H21BrN4O.ClH/c1-7(2)11-10(14)12(18-17-11)13(19)16-9-5-3-8(15)4-6-9;/h7-9H,3-6,15H2,1-2H3,(H,16,19)(H,17,18);1H. The molecule has 7 heteroatoms. The van der Waals surface area contributed by atoms with Gasteiger partial charge in [0.25, 0.3) is 5.91 Å². The fraction of sp³-hybridized carbons (Fsp3) is 0.692. The largest absolute Gasteiger partial charge is 0.348 e. The molecule has 1 saturated carbocycles. The van der Waals surface area contributed by atoms with Gasteiger partial charge in [-0.2, -0.15) is 5.10 Å². The van der Waals surface area contributed by atoms with Crippen LogP contribution < -0.4 is 11.1 Å². The number of carbonyl (C=O) groups is 1. The molecule has 0 spiro atoms. The molecular weight excluding hydrogens is 344 g/mol. The fourth-order valence-corrected chi connectivity index (χ4v) is 3.21. The molecule has 1 aromatic heterocycles. The van der Waals surface area contributed by atoms with Crippen molar-refractivity contribution in [3.05, 3.63) is 15.9 Å². The first-order valence-electron chi connectivity index (χ1n) is 6.79. The second kappa shape index (κ2) is 7.43. The normalized spacial score (nSPS) is 22.4. The van der Waals surface area contributed by atoms with Crippen LogP contribution in [0.2, 0.25) is 0 Å². The zero-order chi connectivity index (χ0) is 14.0. The Balaban J connectivity index is 0.00000200. The van der Waals surface area contributed by atoms with Crippen molar-refractivity contribution in [3.8, 4) is 0 Å². The van der Waals surface area contributed by atoms with Gasteiger partial charge < -0.3 is 11.1 Å². The van der Waals surface area contributed by atoms with E-state index in [9.17, 15) is 4.79 Å². The van der Waals surface area contributed by atoms with E-state index >= 15 is 0 Å². The molecule has 1 amide bonds. The molecule has 0 saturated heterocycles. The van der Waals surface area contributed by atoms with Crippen molar-refractivity contribution in [2.45, 2.75) is 57.5 Å². The fourth-order valence-electron chi connectivity index (χ4n) is 2.39. The molecule has 0 unspecified atom stereocenters. The van der Waals surface area contributed by atoms with Crippen LogP contribution in [-0.4, -0.2) is 28.2 Å². The predicted octanol–water partition coefficient (Wildman–Crippen LogP) is 2.72. The van der Waals surface area contributed by atoms with Gasteiger partial charge in [0.2, 0.25) is 0 Å². The molecule has 20 heavy (non-hydrogen) atoms. The lowest BCUT2D eigenvalue weighted by Crippen LogP contribution is -2.40. The first kappa shape index (κ1) is 17.5. The van der Waals surface area contributed by atoms with Gasteiger partial charge in [0.05, 0.1) is 10.2 Å². The van der Waals surface area contributed by atoms with Gasteiger partial charge in [-0.3, -0.25) is 9.89 Å². The third kappa shape index (κ3) is 3.96. The smallest absolute Gasteiger partial charge is 0.273 e. The van der Waals surface area contributed by atoms with E-state index < -0.39 is 0 Å². The van der Waals surface area contributed by atoms with Crippen LogP contribution in [0.4, 0.5) is 0 Å². The number of H-pyrrole nitrogens is 1. The lowest BCUT2D eigenvalue weighted by molar-refractivity contribution is 0.0920. The molecule has 114 valence electrons. The summed E-state index contributed by atoms with van der Waals surface area (Å²) in [6.45, 7) is 4.12. The summed E-state index contributed by atoms with van der Waals surface area (Å²) < 4.78 is 0.771. The van der Waals surface area contributed by atoms with E-state index in [2.05, 4.69) is 45.3 Å². The third-order valence-corrected chi connectivity index (χ3v) is 4.43. The average molecular weight is 366 g/mol. The molecule has 1 aromatic rings. The number of nitrogens with one attached hydrogen (secondary N) is 2. The number of rotatable bonds is 3. The van der Waals surface area contributed by atoms with Crippen LogP contribution in [0.1, 0.15) is 61.6 Å². The van der Waals surface area contributed by atoms with Crippen LogP contribution in [0.5, 0.6) is 0 Å². The van der Waals surface area contributed by atoms with Gasteiger partial charge in [-0.15, -0.1) is 12.4 Å². The molecule has 0 aromatic carbocycles. The monoisotopic (exact) mass is 364 g/mol. The summed E-state index contributed by atoms with van der Waals surface area (Å²) in [5.74, 6) is 0.187. The summed E-state index contributed by atoms with van der Waals surface area (Å²) in [7, 11) is 0. The summed E-state index contributed by atoms with van der Waals surface area (Å²) in [6.07, 6.45) is 3.85. The first-order chi connectivity index (χ1) is 8.99. The molecule has 0 radical (unpaired) electrons. The summed E-state index contributed by atoms with van der Waals surface area (Å²) in [4.78, 5) is 12.2. The van der Waals surface area contributed by atoms with E-state index in [1.807, 2.05) is 0 Å². The SMILES string of the molecule is CC(C)c1[nH]nc(C(=O)NC2CCC(N)CC2)c1Br.Cl. The molecule has 5 nitrogen and oxygen atoms in total. The van der Waals surface area contributed by atoms with Crippen LogP contribution >= 0.6 is 28.3 Å². The van der Waals surface area contributed by atoms with Gasteiger partial charge in [-0.25, -0.2) is 0 Å². The van der Waals surface area contributed by atoms with Crippen LogP contribution in [0.15, 0.2) is 4.47 Å². The summed E-state index contributed by atoms with van der Waals surface area (Å²) >= 11 is 3.45. The maximum Gasteiger partial charge on any atom is 0.273 e. The molecule has 0 atom stereocenters. The Kier molecular flexibility index (Phi) is 6.48. The predicted molar refractivity (Wildman–Crippen MR) is 85.3 cm³/mol. The molecule has 2 rings (SSSR count). The maximum absolute atomic E-state index is 12.2. The van der Waals surface area contributed by atoms with Gasteiger partial charge in [-0.05, 0) is 47.5 Å². The summed E-state index contributed by atoms with van der Waals surface area (Å²) in [6, 6.07) is 0.510. The average Bonchev–Trinajstić information content (AvgIpc) is 2.74. The number of amides is 1. The molecule has 1 heterocycles. The van der Waals surface area contributed by atoms with Crippen LogP contribution in [0.25, 0.3) is 0 Å². The van der Waals surface area contributed by atoms with Gasteiger partial charge >= 0.3 is 0 Å². The Bertz CT molecular complexity index is 455. The van der Waals surface area contributed by atoms with Crippen molar-refractivity contribution >= 4 is 34.2 Å². The Morgan fingerprint density at radius 1 is 1.40 bits per heavy atom. The zero-order valence-corrected chi connectivity index (χ0v) is 14.2. The first-order valence-corrected chi connectivity index (χ1v) is 7.58. The highest BCUT2D eigenvalue weighted by molar-refractivity contribution is 9.10. The number of hydrogen-bond acceptors (Lipinski definition) is 3. The van der Waals surface area contributed by atoms with E-state index in [-0.39, 0.29) is 30.4 Å². The molecule has 1 fully saturated rings. The van der Waals surface area contributed by atoms with Crippen molar-refractivity contribution in [3.63, 3.8) is 0 Å². The number of aromatic amines is 1. The second-order valence-corrected chi connectivity index (χ2v) is 6.33. The lowest BCUT2D eigenvalue weighted by atomic mass is 9.92. The number of hydrogen-bond donors (Lipinski definition) is 3. The van der Waals surface area contributed by atoms with E-state index in [1.165, 1.54) is 0 Å². The highest BCUT2D eigenvalue weighted by atomic mass is 79.9. The van der Waals surface area contributed by atoms with E-state index in [0.29, 0.717) is 11.6 Å². The Labute approximate surface area is 134 Å². The van der Waals surface area contributed by atoms with Crippen molar-refractivity contribution in [2.24, 2.45) is 5.73 Å². The topological polar surface area (TPSA) is 83.8 Å². The molecular formula is C13H22BrClN4O. The Hall–Kier alpha value is -0.590. The molecule has 1 aliphatic rings. The lowest BCUT2D eigenvalue weighted by Gasteiger charge is -2.26. The van der Waals surface area contributed by atoms with E-state index in [1.54, 1.807) is 0 Å². The second-order valence-electron chi connectivity index (χ2n) is 5.54. The maximum atomic E-state index is 12.2. The van der Waals surface area contributed by atoms with Gasteiger partial charge in [0.15, 0.2) is 5.69 Å². The van der Waals surface area contributed by atoms with Gasteiger partial charge in [0.1, 0.15) is 0 Å². The van der Waals surface area contributed by atoms with Crippen molar-refractivity contribution in [2.75, 3.05) is 0 Å². The molecule has 1 aliphatic carbocycles. The van der Waals surface area contributed by atoms with Crippen LogP contribution in [-0.2, 0) is 0 Å². The number of halogens is 2. The summed E-state index contributed by atoms with van der Waals surface area (Å²) in [5.41, 5.74) is 7.26. The van der Waals surface area contributed by atoms with Crippen molar-refractivity contribution < 1.29 is 4.79 Å². The zero-order valence-electron chi connectivity index (χ0n) is 11.8. The quantitative estimate of drug-likeness (QED) is 0.770. The molecule has 0 bridgehead atoms. The number of carbonyl (C=O) groups excluding carboxylic acids is 1. The highest BCUT2D eigenvalue weighted by Gasteiger charge is 2.24.